The van der Waals surface area contributed by atoms with E-state index in [1.165, 1.54) is 0 Å². The van der Waals surface area contributed by atoms with Gasteiger partial charge in [0.05, 0.1) is 6.61 Å². The van der Waals surface area contributed by atoms with Crippen LogP contribution in [0.4, 0.5) is 0 Å². The van der Waals surface area contributed by atoms with Gasteiger partial charge in [0.25, 0.3) is 5.91 Å². The van der Waals surface area contributed by atoms with E-state index in [-0.39, 0.29) is 5.91 Å². The largest absolute Gasteiger partial charge is 0.381 e. The monoisotopic (exact) mass is 182 g/mol. The molecule has 2 aliphatic rings. The summed E-state index contributed by atoms with van der Waals surface area (Å²) in [4.78, 5) is 15.8. The van der Waals surface area contributed by atoms with E-state index in [9.17, 15) is 4.79 Å². The molecule has 1 unspecified atom stereocenters. The zero-order valence-electron chi connectivity index (χ0n) is 7.96. The Labute approximate surface area is 77.4 Å². The Balaban J connectivity index is 2.13. The van der Waals surface area contributed by atoms with Crippen molar-refractivity contribution in [3.05, 3.63) is 0 Å². The number of rotatable bonds is 1. The van der Waals surface area contributed by atoms with Crippen molar-refractivity contribution in [3.63, 3.8) is 0 Å². The van der Waals surface area contributed by atoms with Crippen LogP contribution in [0.5, 0.6) is 0 Å². The highest BCUT2D eigenvalue weighted by molar-refractivity contribution is 6.08. The van der Waals surface area contributed by atoms with E-state index >= 15 is 0 Å². The van der Waals surface area contributed by atoms with Crippen LogP contribution in [0, 0.1) is 5.92 Å². The van der Waals surface area contributed by atoms with Crippen molar-refractivity contribution in [2.75, 3.05) is 13.2 Å². The van der Waals surface area contributed by atoms with Crippen molar-refractivity contribution in [3.8, 4) is 0 Å². The van der Waals surface area contributed by atoms with Gasteiger partial charge in [-0.15, -0.1) is 0 Å². The number of amides is 1. The number of carbonyl (C=O) groups is 1. The number of carbonyl (C=O) groups excluding carboxylic acids is 1. The fraction of sp³-hybridized carbons (Fsp3) is 0.778. The Morgan fingerprint density at radius 1 is 1.62 bits per heavy atom. The van der Waals surface area contributed by atoms with E-state index in [0.29, 0.717) is 12.5 Å². The van der Waals surface area contributed by atoms with Crippen molar-refractivity contribution in [2.24, 2.45) is 10.9 Å². The molecule has 4 nitrogen and oxygen atoms in total. The molecule has 0 aromatic heterocycles. The molecular weight excluding hydrogens is 168 g/mol. The highest BCUT2D eigenvalue weighted by Gasteiger charge is 2.37. The summed E-state index contributed by atoms with van der Waals surface area (Å²) in [5.74, 6) is 1.10. The maximum Gasteiger partial charge on any atom is 0.252 e. The van der Waals surface area contributed by atoms with Crippen molar-refractivity contribution in [1.82, 2.24) is 5.32 Å². The van der Waals surface area contributed by atoms with Crippen LogP contribution in [-0.4, -0.2) is 30.5 Å². The second-order valence-electron chi connectivity index (χ2n) is 4.07. The molecular formula is C9H14N2O2. The second kappa shape index (κ2) is 2.80. The SMILES string of the molecule is CC1(C)N=C(C2CCOC2)NC1=O. The molecule has 0 radical (unpaired) electrons. The summed E-state index contributed by atoms with van der Waals surface area (Å²) in [6.07, 6.45) is 0.967. The van der Waals surface area contributed by atoms with Gasteiger partial charge in [0.15, 0.2) is 0 Å². The molecule has 0 aromatic carbocycles. The van der Waals surface area contributed by atoms with E-state index < -0.39 is 5.54 Å². The van der Waals surface area contributed by atoms with Crippen LogP contribution in [0.3, 0.4) is 0 Å². The minimum atomic E-state index is -0.585. The zero-order chi connectivity index (χ0) is 9.47. The topological polar surface area (TPSA) is 50.7 Å². The first-order valence-corrected chi connectivity index (χ1v) is 4.58. The summed E-state index contributed by atoms with van der Waals surface area (Å²) < 4.78 is 5.24. The van der Waals surface area contributed by atoms with Crippen LogP contribution >= 0.6 is 0 Å². The van der Waals surface area contributed by atoms with Crippen LogP contribution in [0.1, 0.15) is 20.3 Å². The van der Waals surface area contributed by atoms with Gasteiger partial charge < -0.3 is 10.1 Å². The van der Waals surface area contributed by atoms with Gasteiger partial charge in [-0.05, 0) is 20.3 Å². The Bertz CT molecular complexity index is 265. The van der Waals surface area contributed by atoms with Crippen LogP contribution in [0.2, 0.25) is 0 Å². The summed E-state index contributed by atoms with van der Waals surface area (Å²) in [5, 5.41) is 2.82. The lowest BCUT2D eigenvalue weighted by molar-refractivity contribution is -0.122. The lowest BCUT2D eigenvalue weighted by Crippen LogP contribution is -2.36. The maximum atomic E-state index is 11.4. The average molecular weight is 182 g/mol. The Kier molecular flexibility index (Phi) is 1.87. The smallest absolute Gasteiger partial charge is 0.252 e. The molecule has 2 heterocycles. The van der Waals surface area contributed by atoms with Crippen LogP contribution in [-0.2, 0) is 9.53 Å². The molecule has 1 saturated heterocycles. The standard InChI is InChI=1S/C9H14N2O2/c1-9(2)8(12)10-7(11-9)6-3-4-13-5-6/h6H,3-5H2,1-2H3,(H,10,11,12). The Morgan fingerprint density at radius 3 is 2.85 bits per heavy atom. The molecule has 4 heteroatoms. The molecule has 0 aliphatic carbocycles. The second-order valence-corrected chi connectivity index (χ2v) is 4.07. The molecule has 1 amide bonds. The lowest BCUT2D eigenvalue weighted by Gasteiger charge is -2.07. The molecule has 72 valence electrons. The molecule has 0 bridgehead atoms. The van der Waals surface area contributed by atoms with E-state index in [1.54, 1.807) is 0 Å². The minimum absolute atomic E-state index is 0.00519. The highest BCUT2D eigenvalue weighted by atomic mass is 16.5. The van der Waals surface area contributed by atoms with Gasteiger partial charge in [-0.2, -0.15) is 0 Å². The molecule has 0 aromatic rings. The van der Waals surface area contributed by atoms with Crippen LogP contribution < -0.4 is 5.32 Å². The van der Waals surface area contributed by atoms with Gasteiger partial charge >= 0.3 is 0 Å². The van der Waals surface area contributed by atoms with Gasteiger partial charge in [-0.25, -0.2) is 0 Å². The fourth-order valence-corrected chi connectivity index (χ4v) is 1.59. The van der Waals surface area contributed by atoms with E-state index in [0.717, 1.165) is 18.9 Å². The predicted octanol–water partition coefficient (Wildman–Crippen LogP) is 0.330. The predicted molar refractivity (Wildman–Crippen MR) is 48.6 cm³/mol. The first-order valence-electron chi connectivity index (χ1n) is 4.58. The van der Waals surface area contributed by atoms with Gasteiger partial charge in [-0.1, -0.05) is 0 Å². The van der Waals surface area contributed by atoms with Crippen molar-refractivity contribution >= 4 is 11.7 Å². The normalized spacial score (nSPS) is 31.7. The fourth-order valence-electron chi connectivity index (χ4n) is 1.59. The number of hydrogen-bond acceptors (Lipinski definition) is 3. The molecule has 1 fully saturated rings. The van der Waals surface area contributed by atoms with Gasteiger partial charge in [-0.3, -0.25) is 9.79 Å². The highest BCUT2D eigenvalue weighted by Crippen LogP contribution is 2.21. The lowest BCUT2D eigenvalue weighted by atomic mass is 10.1. The van der Waals surface area contributed by atoms with E-state index in [1.807, 2.05) is 13.8 Å². The van der Waals surface area contributed by atoms with Crippen molar-refractivity contribution < 1.29 is 9.53 Å². The van der Waals surface area contributed by atoms with E-state index in [2.05, 4.69) is 10.3 Å². The molecule has 1 N–H and O–H groups in total. The van der Waals surface area contributed by atoms with Gasteiger partial charge in [0.1, 0.15) is 11.4 Å². The number of amidine groups is 1. The van der Waals surface area contributed by atoms with Crippen LogP contribution in [0.15, 0.2) is 4.99 Å². The molecule has 2 aliphatic heterocycles. The number of hydrogen-bond donors (Lipinski definition) is 1. The van der Waals surface area contributed by atoms with Crippen LogP contribution in [0.25, 0.3) is 0 Å². The Morgan fingerprint density at radius 2 is 2.38 bits per heavy atom. The molecule has 0 saturated carbocycles. The first-order chi connectivity index (χ1) is 6.09. The van der Waals surface area contributed by atoms with Crippen molar-refractivity contribution in [2.45, 2.75) is 25.8 Å². The number of ether oxygens (including phenoxy) is 1. The summed E-state index contributed by atoms with van der Waals surface area (Å²) in [5.41, 5.74) is -0.585. The summed E-state index contributed by atoms with van der Waals surface area (Å²) >= 11 is 0. The summed E-state index contributed by atoms with van der Waals surface area (Å²) in [7, 11) is 0. The number of aliphatic imine (C=N–C) groups is 1. The third kappa shape index (κ3) is 1.46. The van der Waals surface area contributed by atoms with E-state index in [4.69, 9.17) is 4.74 Å². The third-order valence-electron chi connectivity index (χ3n) is 2.51. The molecule has 2 rings (SSSR count). The Hall–Kier alpha value is -0.900. The average Bonchev–Trinajstić information content (AvgIpc) is 2.60. The summed E-state index contributed by atoms with van der Waals surface area (Å²) in [6, 6.07) is 0. The quantitative estimate of drug-likeness (QED) is 0.635. The summed E-state index contributed by atoms with van der Waals surface area (Å²) in [6.45, 7) is 5.12. The molecule has 13 heavy (non-hydrogen) atoms. The third-order valence-corrected chi connectivity index (χ3v) is 2.51. The zero-order valence-corrected chi connectivity index (χ0v) is 7.96. The van der Waals surface area contributed by atoms with Gasteiger partial charge in [0.2, 0.25) is 0 Å². The van der Waals surface area contributed by atoms with Gasteiger partial charge in [0, 0.05) is 12.5 Å². The number of nitrogens with zero attached hydrogens (tertiary/aromatic N) is 1. The maximum absolute atomic E-state index is 11.4. The molecule has 0 spiro atoms. The van der Waals surface area contributed by atoms with Crippen molar-refractivity contribution in [1.29, 1.82) is 0 Å². The first kappa shape index (κ1) is 8.69. The molecule has 1 atom stereocenters. The number of nitrogens with one attached hydrogen (secondary N) is 1. The minimum Gasteiger partial charge on any atom is -0.381 e.